The highest BCUT2D eigenvalue weighted by Crippen LogP contribution is 2.32. The van der Waals surface area contributed by atoms with Crippen molar-refractivity contribution in [1.82, 2.24) is 9.78 Å². The lowest BCUT2D eigenvalue weighted by Crippen LogP contribution is -2.23. The number of fused-ring (bicyclic) bond motifs is 1. The number of rotatable bonds is 4. The first kappa shape index (κ1) is 17.9. The van der Waals surface area contributed by atoms with Crippen molar-refractivity contribution >= 4 is 23.2 Å². The fraction of sp³-hybridized carbons (Fsp3) is 0.200. The van der Waals surface area contributed by atoms with Crippen molar-refractivity contribution in [2.75, 3.05) is 6.79 Å². The molecule has 0 amide bonds. The molecule has 1 aromatic heterocycles. The van der Waals surface area contributed by atoms with Gasteiger partial charge >= 0.3 is 0 Å². The molecule has 0 fully saturated rings. The van der Waals surface area contributed by atoms with E-state index in [9.17, 15) is 4.79 Å². The predicted molar refractivity (Wildman–Crippen MR) is 105 cm³/mol. The Balaban J connectivity index is 1.57. The van der Waals surface area contributed by atoms with Crippen LogP contribution in [0.1, 0.15) is 16.7 Å². The van der Waals surface area contributed by atoms with Gasteiger partial charge in [0.25, 0.3) is 5.56 Å². The van der Waals surface area contributed by atoms with E-state index in [1.54, 1.807) is 18.3 Å². The molecule has 1 aliphatic rings. The van der Waals surface area contributed by atoms with Crippen LogP contribution in [-0.2, 0) is 12.8 Å². The summed E-state index contributed by atoms with van der Waals surface area (Å²) in [6.45, 7) is 2.14. The normalized spacial score (nSPS) is 12.4. The van der Waals surface area contributed by atoms with Gasteiger partial charge in [-0.3, -0.25) is 4.79 Å². The molecule has 0 unspecified atom stereocenters. The Morgan fingerprint density at radius 1 is 1.07 bits per heavy atom. The Morgan fingerprint density at radius 3 is 2.70 bits per heavy atom. The number of halogens is 2. The first-order valence-electron chi connectivity index (χ1n) is 8.44. The van der Waals surface area contributed by atoms with Crippen LogP contribution in [0.3, 0.4) is 0 Å². The Kier molecular flexibility index (Phi) is 4.81. The zero-order valence-corrected chi connectivity index (χ0v) is 16.0. The number of benzene rings is 2. The summed E-state index contributed by atoms with van der Waals surface area (Å²) in [5.41, 5.74) is 2.93. The van der Waals surface area contributed by atoms with Gasteiger partial charge in [-0.05, 0) is 60.7 Å². The first-order chi connectivity index (χ1) is 13.0. The lowest BCUT2D eigenvalue weighted by molar-refractivity contribution is 0.174. The summed E-state index contributed by atoms with van der Waals surface area (Å²) in [4.78, 5) is 12.6. The summed E-state index contributed by atoms with van der Waals surface area (Å²) in [6.07, 6.45) is 2.93. The van der Waals surface area contributed by atoms with Gasteiger partial charge in [0.2, 0.25) is 6.79 Å². The smallest absolute Gasteiger partial charge is 0.290 e. The molecule has 0 N–H and O–H groups in total. The fourth-order valence-corrected chi connectivity index (χ4v) is 3.31. The van der Waals surface area contributed by atoms with Gasteiger partial charge in [-0.15, -0.1) is 0 Å². The van der Waals surface area contributed by atoms with Crippen molar-refractivity contribution in [1.29, 1.82) is 0 Å². The maximum absolute atomic E-state index is 12.6. The van der Waals surface area contributed by atoms with E-state index in [2.05, 4.69) is 5.10 Å². The molecule has 5 nitrogen and oxygen atoms in total. The molecule has 1 aliphatic heterocycles. The highest BCUT2D eigenvalue weighted by Gasteiger charge is 2.15. The summed E-state index contributed by atoms with van der Waals surface area (Å²) < 4.78 is 12.0. The molecule has 2 aromatic carbocycles. The molecule has 2 heterocycles. The second-order valence-corrected chi connectivity index (χ2v) is 7.11. The second kappa shape index (κ2) is 7.25. The van der Waals surface area contributed by atoms with Crippen molar-refractivity contribution in [3.8, 4) is 17.2 Å². The van der Waals surface area contributed by atoms with E-state index in [4.69, 9.17) is 32.7 Å². The lowest BCUT2D eigenvalue weighted by Gasteiger charge is -2.10. The van der Waals surface area contributed by atoms with Crippen molar-refractivity contribution < 1.29 is 9.47 Å². The van der Waals surface area contributed by atoms with Crippen molar-refractivity contribution in [3.05, 3.63) is 79.7 Å². The zero-order chi connectivity index (χ0) is 19.0. The molecule has 0 bridgehead atoms. The van der Waals surface area contributed by atoms with E-state index in [0.717, 1.165) is 22.6 Å². The van der Waals surface area contributed by atoms with Crippen LogP contribution < -0.4 is 15.0 Å². The number of aromatic nitrogens is 2. The molecule has 0 saturated heterocycles. The highest BCUT2D eigenvalue weighted by molar-refractivity contribution is 6.31. The average Bonchev–Trinajstić information content (AvgIpc) is 3.13. The average molecular weight is 403 g/mol. The van der Waals surface area contributed by atoms with Gasteiger partial charge < -0.3 is 9.47 Å². The van der Waals surface area contributed by atoms with E-state index in [1.165, 1.54) is 4.68 Å². The van der Waals surface area contributed by atoms with Gasteiger partial charge in [0.1, 0.15) is 5.02 Å². The largest absolute Gasteiger partial charge is 0.454 e. The molecule has 138 valence electrons. The third kappa shape index (κ3) is 3.53. The fourth-order valence-electron chi connectivity index (χ4n) is 2.91. The van der Waals surface area contributed by atoms with Gasteiger partial charge in [0.15, 0.2) is 11.5 Å². The molecule has 7 heteroatoms. The maximum Gasteiger partial charge on any atom is 0.290 e. The Hall–Kier alpha value is -2.50. The molecule has 0 saturated carbocycles. The second-order valence-electron chi connectivity index (χ2n) is 6.32. The quantitative estimate of drug-likeness (QED) is 0.650. The Bertz CT molecular complexity index is 1080. The van der Waals surface area contributed by atoms with Crippen LogP contribution in [0.2, 0.25) is 10.0 Å². The standard InChI is InChI=1S/C20H16Cl2N2O3/c1-12-2-6-15(9-16(12)21)24-20(25)19(22)14(10-23-24)5-3-13-4-7-17-18(8-13)27-11-26-17/h2,4,6-10H,3,5,11H2,1H3. The summed E-state index contributed by atoms with van der Waals surface area (Å²) >= 11 is 12.5. The van der Waals surface area contributed by atoms with Gasteiger partial charge in [-0.1, -0.05) is 35.3 Å². The third-order valence-electron chi connectivity index (χ3n) is 4.51. The van der Waals surface area contributed by atoms with Crippen LogP contribution in [0, 0.1) is 6.92 Å². The predicted octanol–water partition coefficient (Wildman–Crippen LogP) is 4.36. The van der Waals surface area contributed by atoms with Crippen LogP contribution >= 0.6 is 23.2 Å². The van der Waals surface area contributed by atoms with Crippen LogP contribution in [0.15, 0.2) is 47.4 Å². The van der Waals surface area contributed by atoms with Crippen LogP contribution in [0.5, 0.6) is 11.5 Å². The van der Waals surface area contributed by atoms with E-state index in [-0.39, 0.29) is 17.4 Å². The Morgan fingerprint density at radius 2 is 1.89 bits per heavy atom. The van der Waals surface area contributed by atoms with Crippen LogP contribution in [0.4, 0.5) is 0 Å². The van der Waals surface area contributed by atoms with Gasteiger partial charge in [0, 0.05) is 5.02 Å². The molecule has 0 spiro atoms. The summed E-state index contributed by atoms with van der Waals surface area (Å²) in [5, 5.41) is 5.01. The van der Waals surface area contributed by atoms with E-state index >= 15 is 0 Å². The summed E-state index contributed by atoms with van der Waals surface area (Å²) in [5.74, 6) is 1.49. The number of nitrogens with zero attached hydrogens (tertiary/aromatic N) is 2. The molecular formula is C20H16Cl2N2O3. The number of aryl methyl sites for hydroxylation is 3. The van der Waals surface area contributed by atoms with Crippen LogP contribution in [-0.4, -0.2) is 16.6 Å². The number of hydrogen-bond acceptors (Lipinski definition) is 4. The van der Waals surface area contributed by atoms with Crippen molar-refractivity contribution in [3.63, 3.8) is 0 Å². The van der Waals surface area contributed by atoms with Crippen molar-refractivity contribution in [2.45, 2.75) is 19.8 Å². The van der Waals surface area contributed by atoms with E-state index < -0.39 is 0 Å². The minimum atomic E-state index is -0.361. The summed E-state index contributed by atoms with van der Waals surface area (Å²) in [7, 11) is 0. The SMILES string of the molecule is Cc1ccc(-n2ncc(CCc3ccc4c(c3)OCO4)c(Cl)c2=O)cc1Cl. The van der Waals surface area contributed by atoms with Gasteiger partial charge in [-0.2, -0.15) is 9.78 Å². The van der Waals surface area contributed by atoms with Crippen LogP contribution in [0.25, 0.3) is 5.69 Å². The minimum absolute atomic E-state index is 0.169. The highest BCUT2D eigenvalue weighted by atomic mass is 35.5. The van der Waals surface area contributed by atoms with Gasteiger partial charge in [0.05, 0.1) is 11.9 Å². The molecule has 4 rings (SSSR count). The van der Waals surface area contributed by atoms with E-state index in [0.29, 0.717) is 29.1 Å². The van der Waals surface area contributed by atoms with Gasteiger partial charge in [-0.25, -0.2) is 0 Å². The topological polar surface area (TPSA) is 53.4 Å². The van der Waals surface area contributed by atoms with Crippen molar-refractivity contribution in [2.24, 2.45) is 0 Å². The maximum atomic E-state index is 12.6. The first-order valence-corrected chi connectivity index (χ1v) is 9.20. The molecular weight excluding hydrogens is 387 g/mol. The molecule has 3 aromatic rings. The zero-order valence-electron chi connectivity index (χ0n) is 14.5. The molecule has 0 aliphatic carbocycles. The number of hydrogen-bond donors (Lipinski definition) is 0. The minimum Gasteiger partial charge on any atom is -0.454 e. The molecule has 0 radical (unpaired) electrons. The third-order valence-corrected chi connectivity index (χ3v) is 5.32. The Labute approximate surface area is 166 Å². The monoisotopic (exact) mass is 402 g/mol. The lowest BCUT2D eigenvalue weighted by atomic mass is 10.1. The summed E-state index contributed by atoms with van der Waals surface area (Å²) in [6, 6.07) is 11.1. The number of ether oxygens (including phenoxy) is 2. The molecule has 27 heavy (non-hydrogen) atoms. The molecule has 0 atom stereocenters. The van der Waals surface area contributed by atoms with E-state index in [1.807, 2.05) is 31.2 Å².